The highest BCUT2D eigenvalue weighted by Crippen LogP contribution is 2.51. The van der Waals surface area contributed by atoms with Crippen LogP contribution in [0.1, 0.15) is 19.5 Å². The van der Waals surface area contributed by atoms with E-state index < -0.39 is 7.60 Å². The van der Waals surface area contributed by atoms with Crippen molar-refractivity contribution in [2.24, 2.45) is 0 Å². The maximum atomic E-state index is 12.6. The van der Waals surface area contributed by atoms with Crippen molar-refractivity contribution < 1.29 is 13.6 Å². The second-order valence-corrected chi connectivity index (χ2v) is 8.99. The molecule has 2 aromatic heterocycles. The van der Waals surface area contributed by atoms with Crippen LogP contribution in [0.4, 0.5) is 0 Å². The molecule has 0 saturated heterocycles. The fraction of sp³-hybridized carbons (Fsp3) is 0.333. The number of aromatic nitrogens is 3. The summed E-state index contributed by atoms with van der Waals surface area (Å²) in [5, 5.41) is 4.35. The lowest BCUT2D eigenvalue weighted by Gasteiger charge is -2.16. The Hall–Kier alpha value is -1.66. The van der Waals surface area contributed by atoms with Crippen molar-refractivity contribution in [1.82, 2.24) is 14.6 Å². The highest BCUT2D eigenvalue weighted by molar-refractivity contribution is 8.03. The van der Waals surface area contributed by atoms with Gasteiger partial charge < -0.3 is 9.05 Å². The lowest BCUT2D eigenvalue weighted by Crippen LogP contribution is -2.02. The standard InChI is InChI=1S/C18H22N3O3PS/c1-3-23-25(22,24-4-2)14-26-13-16-12-17(15-8-6-5-7-9-15)20-18-10-11-19-21(16)18/h5-12H,3-4,13-14H2,1-2H3. The van der Waals surface area contributed by atoms with Crippen molar-refractivity contribution in [3.63, 3.8) is 0 Å². The summed E-state index contributed by atoms with van der Waals surface area (Å²) in [4.78, 5) is 4.67. The van der Waals surface area contributed by atoms with Crippen molar-refractivity contribution in [2.45, 2.75) is 19.6 Å². The van der Waals surface area contributed by atoms with Crippen LogP contribution in [0.5, 0.6) is 0 Å². The van der Waals surface area contributed by atoms with Crippen LogP contribution < -0.4 is 0 Å². The summed E-state index contributed by atoms with van der Waals surface area (Å²) in [5.74, 6) is 0.630. The lowest BCUT2D eigenvalue weighted by atomic mass is 10.1. The third kappa shape index (κ3) is 4.54. The van der Waals surface area contributed by atoms with Crippen LogP contribution in [0.15, 0.2) is 48.7 Å². The Morgan fingerprint density at radius 2 is 1.85 bits per heavy atom. The lowest BCUT2D eigenvalue weighted by molar-refractivity contribution is 0.224. The summed E-state index contributed by atoms with van der Waals surface area (Å²) < 4.78 is 25.1. The fourth-order valence-corrected chi connectivity index (χ4v) is 5.74. The van der Waals surface area contributed by atoms with Gasteiger partial charge in [0.1, 0.15) is 0 Å². The van der Waals surface area contributed by atoms with Crippen molar-refractivity contribution in [1.29, 1.82) is 0 Å². The minimum atomic E-state index is -3.05. The molecule has 6 nitrogen and oxygen atoms in total. The van der Waals surface area contributed by atoms with Gasteiger partial charge >= 0.3 is 7.60 Å². The highest BCUT2D eigenvalue weighted by Gasteiger charge is 2.23. The highest BCUT2D eigenvalue weighted by atomic mass is 32.2. The molecule has 0 radical (unpaired) electrons. The molecule has 0 bridgehead atoms. The predicted molar refractivity (Wildman–Crippen MR) is 105 cm³/mol. The number of thioether (sulfide) groups is 1. The summed E-state index contributed by atoms with van der Waals surface area (Å²) >= 11 is 1.51. The van der Waals surface area contributed by atoms with Crippen molar-refractivity contribution in [3.05, 3.63) is 54.4 Å². The summed E-state index contributed by atoms with van der Waals surface area (Å²) in [6.07, 6.45) is 1.73. The molecule has 0 amide bonds. The molecule has 138 valence electrons. The molecule has 0 aliphatic carbocycles. The van der Waals surface area contributed by atoms with E-state index >= 15 is 0 Å². The molecule has 0 N–H and O–H groups in total. The summed E-state index contributed by atoms with van der Waals surface area (Å²) in [7, 11) is -3.05. The maximum Gasteiger partial charge on any atom is 0.340 e. The zero-order valence-electron chi connectivity index (χ0n) is 14.9. The molecule has 1 aromatic carbocycles. The van der Waals surface area contributed by atoms with Crippen LogP contribution in [-0.4, -0.2) is 33.3 Å². The van der Waals surface area contributed by atoms with Gasteiger partial charge in [0, 0.05) is 17.4 Å². The second-order valence-electron chi connectivity index (χ2n) is 5.52. The van der Waals surface area contributed by atoms with Crippen LogP contribution in [0.25, 0.3) is 16.9 Å². The Kier molecular flexibility index (Phi) is 6.48. The zero-order valence-corrected chi connectivity index (χ0v) is 16.6. The molecule has 0 spiro atoms. The molecule has 0 aliphatic heterocycles. The van der Waals surface area contributed by atoms with Gasteiger partial charge in [-0.05, 0) is 19.9 Å². The maximum absolute atomic E-state index is 12.6. The van der Waals surface area contributed by atoms with E-state index in [2.05, 4.69) is 10.1 Å². The third-order valence-electron chi connectivity index (χ3n) is 3.65. The van der Waals surface area contributed by atoms with Crippen LogP contribution in [0.2, 0.25) is 0 Å². The van der Waals surface area contributed by atoms with Crippen LogP contribution in [-0.2, 0) is 19.4 Å². The summed E-state index contributed by atoms with van der Waals surface area (Å²) in [5.41, 5.74) is 4.03. The summed E-state index contributed by atoms with van der Waals surface area (Å²) in [6.45, 7) is 4.38. The number of nitrogens with zero attached hydrogens (tertiary/aromatic N) is 3. The van der Waals surface area contributed by atoms with Gasteiger partial charge in [0.05, 0.1) is 36.3 Å². The van der Waals surface area contributed by atoms with E-state index in [1.807, 2.05) is 60.8 Å². The van der Waals surface area contributed by atoms with Crippen LogP contribution >= 0.6 is 19.4 Å². The SMILES string of the molecule is CCOP(=O)(CSCc1cc(-c2ccccc2)nc2ccnn12)OCC. The molecule has 0 unspecified atom stereocenters. The zero-order chi connectivity index (χ0) is 18.4. The minimum absolute atomic E-state index is 0.306. The monoisotopic (exact) mass is 391 g/mol. The van der Waals surface area contributed by atoms with Gasteiger partial charge in [-0.15, -0.1) is 11.8 Å². The quantitative estimate of drug-likeness (QED) is 0.486. The Labute approximate surface area is 157 Å². The number of hydrogen-bond acceptors (Lipinski definition) is 6. The van der Waals surface area contributed by atoms with Gasteiger partial charge in [-0.25, -0.2) is 9.50 Å². The molecule has 3 rings (SSSR count). The van der Waals surface area contributed by atoms with Gasteiger partial charge in [-0.3, -0.25) is 4.57 Å². The minimum Gasteiger partial charge on any atom is -0.308 e. The molecule has 0 aliphatic rings. The number of benzene rings is 1. The molecule has 0 fully saturated rings. The van der Waals surface area contributed by atoms with E-state index in [9.17, 15) is 4.57 Å². The molecule has 26 heavy (non-hydrogen) atoms. The average molecular weight is 391 g/mol. The second kappa shape index (κ2) is 8.82. The third-order valence-corrected chi connectivity index (χ3v) is 7.45. The average Bonchev–Trinajstić information content (AvgIpc) is 3.11. The first-order valence-electron chi connectivity index (χ1n) is 8.50. The van der Waals surface area contributed by atoms with E-state index in [0.29, 0.717) is 24.5 Å². The Balaban J connectivity index is 1.81. The smallest absolute Gasteiger partial charge is 0.308 e. The van der Waals surface area contributed by atoms with Crippen molar-refractivity contribution in [2.75, 3.05) is 18.7 Å². The Morgan fingerprint density at radius 1 is 1.12 bits per heavy atom. The molecule has 3 aromatic rings. The van der Waals surface area contributed by atoms with Crippen LogP contribution in [0, 0.1) is 0 Å². The number of fused-ring (bicyclic) bond motifs is 1. The van der Waals surface area contributed by atoms with Gasteiger partial charge in [0.2, 0.25) is 0 Å². The molecular formula is C18H22N3O3PS. The normalized spacial score (nSPS) is 11.9. The van der Waals surface area contributed by atoms with E-state index in [4.69, 9.17) is 9.05 Å². The van der Waals surface area contributed by atoms with Crippen molar-refractivity contribution >= 4 is 25.0 Å². The molecule has 8 heteroatoms. The fourth-order valence-electron chi connectivity index (χ4n) is 2.60. The molecule has 2 heterocycles. The Morgan fingerprint density at radius 3 is 2.54 bits per heavy atom. The molecule has 0 saturated carbocycles. The first-order chi connectivity index (χ1) is 12.6. The molecule has 0 atom stereocenters. The van der Waals surface area contributed by atoms with E-state index in [-0.39, 0.29) is 0 Å². The Bertz CT molecular complexity index is 891. The first kappa shape index (κ1) is 19.1. The summed E-state index contributed by atoms with van der Waals surface area (Å²) in [6, 6.07) is 13.9. The van der Waals surface area contributed by atoms with E-state index in [0.717, 1.165) is 22.6 Å². The van der Waals surface area contributed by atoms with Crippen molar-refractivity contribution in [3.8, 4) is 11.3 Å². The largest absolute Gasteiger partial charge is 0.340 e. The first-order valence-corrected chi connectivity index (χ1v) is 11.4. The van der Waals surface area contributed by atoms with Crippen LogP contribution in [0.3, 0.4) is 0 Å². The predicted octanol–water partition coefficient (Wildman–Crippen LogP) is 4.85. The van der Waals surface area contributed by atoms with Gasteiger partial charge in [-0.1, -0.05) is 30.3 Å². The van der Waals surface area contributed by atoms with Gasteiger partial charge in [-0.2, -0.15) is 5.10 Å². The molecular weight excluding hydrogens is 369 g/mol. The number of rotatable bonds is 9. The van der Waals surface area contributed by atoms with E-state index in [1.54, 1.807) is 6.20 Å². The number of hydrogen-bond donors (Lipinski definition) is 0. The topological polar surface area (TPSA) is 65.7 Å². The van der Waals surface area contributed by atoms with Gasteiger partial charge in [0.25, 0.3) is 0 Å². The van der Waals surface area contributed by atoms with Gasteiger partial charge in [0.15, 0.2) is 5.65 Å². The van der Waals surface area contributed by atoms with E-state index in [1.165, 1.54) is 11.8 Å².